The van der Waals surface area contributed by atoms with Crippen molar-refractivity contribution in [3.63, 3.8) is 0 Å². The molecule has 0 radical (unpaired) electrons. The minimum absolute atomic E-state index is 0.0880. The molecule has 2 aromatic rings. The van der Waals surface area contributed by atoms with Gasteiger partial charge in [-0.25, -0.2) is 12.8 Å². The van der Waals surface area contributed by atoms with Crippen LogP contribution in [0.1, 0.15) is 52.8 Å². The van der Waals surface area contributed by atoms with Crippen LogP contribution < -0.4 is 0 Å². The summed E-state index contributed by atoms with van der Waals surface area (Å²) >= 11 is 0. The monoisotopic (exact) mass is 388 g/mol. The molecule has 1 aliphatic carbocycles. The van der Waals surface area contributed by atoms with Crippen LogP contribution in [0.25, 0.3) is 0 Å². The van der Waals surface area contributed by atoms with Gasteiger partial charge in [-0.15, -0.1) is 0 Å². The number of carbonyl (C=O) groups excluding carboxylic acids is 2. The second kappa shape index (κ2) is 7.35. The van der Waals surface area contributed by atoms with Crippen LogP contribution in [0.2, 0.25) is 0 Å². The quantitative estimate of drug-likeness (QED) is 0.665. The fourth-order valence-electron chi connectivity index (χ4n) is 3.50. The van der Waals surface area contributed by atoms with Crippen molar-refractivity contribution in [2.24, 2.45) is 5.41 Å². The van der Waals surface area contributed by atoms with Gasteiger partial charge in [0.2, 0.25) is 0 Å². The summed E-state index contributed by atoms with van der Waals surface area (Å²) in [6.45, 7) is 0. The Kier molecular flexibility index (Phi) is 5.29. The van der Waals surface area contributed by atoms with E-state index in [1.165, 1.54) is 48.5 Å². The van der Waals surface area contributed by atoms with E-state index < -0.39 is 15.7 Å². The summed E-state index contributed by atoms with van der Waals surface area (Å²) in [6, 6.07) is 11.4. The summed E-state index contributed by atoms with van der Waals surface area (Å²) in [4.78, 5) is 25.4. The Balaban J connectivity index is 1.71. The molecule has 0 aromatic heterocycles. The van der Waals surface area contributed by atoms with Crippen molar-refractivity contribution in [3.05, 3.63) is 65.5 Å². The van der Waals surface area contributed by atoms with Gasteiger partial charge in [0.1, 0.15) is 5.82 Å². The topological polar surface area (TPSA) is 68.3 Å². The lowest BCUT2D eigenvalue weighted by molar-refractivity contribution is 0.0641. The molecule has 0 bridgehead atoms. The van der Waals surface area contributed by atoms with Gasteiger partial charge in [-0.05, 0) is 54.7 Å². The molecule has 0 N–H and O–H groups in total. The van der Waals surface area contributed by atoms with Gasteiger partial charge in [-0.3, -0.25) is 9.59 Å². The zero-order valence-corrected chi connectivity index (χ0v) is 15.9. The third kappa shape index (κ3) is 4.50. The SMILES string of the molecule is CS(=O)(=O)c1ccc(C(=O)CC2(CC(=O)c3ccc(F)cc3)CCC2)cc1. The van der Waals surface area contributed by atoms with Gasteiger partial charge in [-0.2, -0.15) is 0 Å². The fourth-order valence-corrected chi connectivity index (χ4v) is 4.13. The van der Waals surface area contributed by atoms with Crippen LogP contribution in [0, 0.1) is 11.2 Å². The van der Waals surface area contributed by atoms with Gasteiger partial charge < -0.3 is 0 Å². The molecule has 27 heavy (non-hydrogen) atoms. The van der Waals surface area contributed by atoms with E-state index in [1.807, 2.05) is 0 Å². The first-order chi connectivity index (χ1) is 12.7. The van der Waals surface area contributed by atoms with E-state index >= 15 is 0 Å². The van der Waals surface area contributed by atoms with Gasteiger partial charge >= 0.3 is 0 Å². The van der Waals surface area contributed by atoms with E-state index in [-0.39, 0.29) is 34.7 Å². The molecular weight excluding hydrogens is 367 g/mol. The van der Waals surface area contributed by atoms with E-state index in [1.54, 1.807) is 0 Å². The lowest BCUT2D eigenvalue weighted by atomic mass is 9.62. The molecule has 6 heteroatoms. The van der Waals surface area contributed by atoms with E-state index in [4.69, 9.17) is 0 Å². The number of Topliss-reactive ketones (excluding diaryl/α,β-unsaturated/α-hetero) is 2. The molecule has 1 saturated carbocycles. The molecule has 0 heterocycles. The van der Waals surface area contributed by atoms with Crippen molar-refractivity contribution >= 4 is 21.4 Å². The summed E-state index contributed by atoms with van der Waals surface area (Å²) in [7, 11) is -3.31. The zero-order chi connectivity index (χ0) is 19.7. The first kappa shape index (κ1) is 19.4. The van der Waals surface area contributed by atoms with Crippen molar-refractivity contribution in [1.29, 1.82) is 0 Å². The van der Waals surface area contributed by atoms with Crippen LogP contribution >= 0.6 is 0 Å². The fraction of sp³-hybridized carbons (Fsp3) is 0.333. The lowest BCUT2D eigenvalue weighted by Crippen LogP contribution is -2.34. The highest BCUT2D eigenvalue weighted by atomic mass is 32.2. The number of ketones is 2. The molecule has 142 valence electrons. The van der Waals surface area contributed by atoms with Crippen LogP contribution in [0.3, 0.4) is 0 Å². The Morgan fingerprint density at radius 1 is 0.889 bits per heavy atom. The lowest BCUT2D eigenvalue weighted by Gasteiger charge is -2.41. The molecular formula is C21H21FO4S. The molecule has 0 unspecified atom stereocenters. The minimum atomic E-state index is -3.31. The predicted molar refractivity (Wildman–Crippen MR) is 100 cm³/mol. The molecule has 0 saturated heterocycles. The second-order valence-electron chi connectivity index (χ2n) is 7.36. The number of rotatable bonds is 7. The van der Waals surface area contributed by atoms with Gasteiger partial charge in [0.05, 0.1) is 4.90 Å². The average Bonchev–Trinajstić information content (AvgIpc) is 2.59. The maximum atomic E-state index is 13.0. The number of halogens is 1. The van der Waals surface area contributed by atoms with Crippen molar-refractivity contribution in [1.82, 2.24) is 0 Å². The normalized spacial score (nSPS) is 15.8. The summed E-state index contributed by atoms with van der Waals surface area (Å²) in [5.41, 5.74) is 0.536. The molecule has 1 aliphatic rings. The van der Waals surface area contributed by atoms with E-state index in [0.717, 1.165) is 25.5 Å². The highest BCUT2D eigenvalue weighted by Gasteiger charge is 2.40. The van der Waals surface area contributed by atoms with Crippen molar-refractivity contribution in [3.8, 4) is 0 Å². The number of carbonyl (C=O) groups is 2. The Bertz CT molecular complexity index is 956. The molecule has 0 aliphatic heterocycles. The van der Waals surface area contributed by atoms with Gasteiger partial charge in [0, 0.05) is 30.2 Å². The Labute approximate surface area is 158 Å². The Hall–Kier alpha value is -2.34. The summed E-state index contributed by atoms with van der Waals surface area (Å²) in [5.74, 6) is -0.575. The molecule has 0 spiro atoms. The van der Waals surface area contributed by atoms with Gasteiger partial charge in [0.25, 0.3) is 0 Å². The van der Waals surface area contributed by atoms with Crippen LogP contribution in [-0.2, 0) is 9.84 Å². The largest absolute Gasteiger partial charge is 0.294 e. The Morgan fingerprint density at radius 2 is 1.33 bits per heavy atom. The molecule has 2 aromatic carbocycles. The van der Waals surface area contributed by atoms with Crippen LogP contribution in [-0.4, -0.2) is 26.2 Å². The highest BCUT2D eigenvalue weighted by Crippen LogP contribution is 2.48. The van der Waals surface area contributed by atoms with Gasteiger partial charge in [-0.1, -0.05) is 18.6 Å². The molecule has 1 fully saturated rings. The van der Waals surface area contributed by atoms with Crippen LogP contribution in [0.4, 0.5) is 4.39 Å². The minimum Gasteiger partial charge on any atom is -0.294 e. The molecule has 3 rings (SSSR count). The number of sulfone groups is 1. The second-order valence-corrected chi connectivity index (χ2v) is 9.37. The van der Waals surface area contributed by atoms with Crippen LogP contribution in [0.15, 0.2) is 53.4 Å². The first-order valence-electron chi connectivity index (χ1n) is 8.81. The summed E-state index contributed by atoms with van der Waals surface area (Å²) < 4.78 is 36.1. The summed E-state index contributed by atoms with van der Waals surface area (Å²) in [5, 5.41) is 0. The Morgan fingerprint density at radius 3 is 1.70 bits per heavy atom. The third-order valence-electron chi connectivity index (χ3n) is 5.26. The first-order valence-corrected chi connectivity index (χ1v) is 10.7. The van der Waals surface area contributed by atoms with Crippen molar-refractivity contribution in [2.45, 2.75) is 37.0 Å². The van der Waals surface area contributed by atoms with Crippen molar-refractivity contribution in [2.75, 3.05) is 6.26 Å². The van der Waals surface area contributed by atoms with E-state index in [0.29, 0.717) is 11.1 Å². The van der Waals surface area contributed by atoms with Crippen LogP contribution in [0.5, 0.6) is 0 Å². The highest BCUT2D eigenvalue weighted by molar-refractivity contribution is 7.90. The molecule has 4 nitrogen and oxygen atoms in total. The van der Waals surface area contributed by atoms with E-state index in [2.05, 4.69) is 0 Å². The number of hydrogen-bond acceptors (Lipinski definition) is 4. The average molecular weight is 388 g/mol. The molecule has 0 amide bonds. The van der Waals surface area contributed by atoms with Crippen molar-refractivity contribution < 1.29 is 22.4 Å². The number of benzene rings is 2. The maximum absolute atomic E-state index is 13.0. The maximum Gasteiger partial charge on any atom is 0.175 e. The number of hydrogen-bond donors (Lipinski definition) is 0. The summed E-state index contributed by atoms with van der Waals surface area (Å²) in [6.07, 6.45) is 4.19. The third-order valence-corrected chi connectivity index (χ3v) is 6.38. The predicted octanol–water partition coefficient (Wildman–Crippen LogP) is 4.25. The van der Waals surface area contributed by atoms with Gasteiger partial charge in [0.15, 0.2) is 21.4 Å². The molecule has 0 atom stereocenters. The standard InChI is InChI=1S/C21H21FO4S/c1-27(25,26)18-9-5-16(6-10-18)20(24)14-21(11-2-12-21)13-19(23)15-3-7-17(22)8-4-15/h3-10H,2,11-14H2,1H3. The zero-order valence-electron chi connectivity index (χ0n) is 15.1. The van der Waals surface area contributed by atoms with E-state index in [9.17, 15) is 22.4 Å². The smallest absolute Gasteiger partial charge is 0.175 e.